The number of sulfonamides is 1. The fourth-order valence-corrected chi connectivity index (χ4v) is 5.65. The molecule has 0 aliphatic carbocycles. The number of nitrogens with zero attached hydrogens (tertiary/aromatic N) is 2. The van der Waals surface area contributed by atoms with Crippen molar-refractivity contribution in [2.24, 2.45) is 0 Å². The third kappa shape index (κ3) is 5.55. The zero-order valence-electron chi connectivity index (χ0n) is 19.9. The van der Waals surface area contributed by atoms with Gasteiger partial charge in [-0.15, -0.1) is 0 Å². The molecule has 1 amide bonds. The predicted molar refractivity (Wildman–Crippen MR) is 136 cm³/mol. The van der Waals surface area contributed by atoms with Crippen LogP contribution in [0.25, 0.3) is 10.9 Å². The molecule has 4 rings (SSSR count). The number of anilines is 1. The number of aromatic amines is 1. The lowest BCUT2D eigenvalue weighted by Crippen LogP contribution is -2.40. The Balaban J connectivity index is 1.56. The molecule has 0 bridgehead atoms. The molecule has 35 heavy (non-hydrogen) atoms. The molecular formula is C25H30N4O5S. The largest absolute Gasteiger partial charge is 0.379 e. The number of pyridine rings is 1. The van der Waals surface area contributed by atoms with E-state index >= 15 is 0 Å². The Bertz CT molecular complexity index is 1380. The van der Waals surface area contributed by atoms with Gasteiger partial charge in [-0.25, -0.2) is 8.42 Å². The van der Waals surface area contributed by atoms with E-state index in [-0.39, 0.29) is 23.5 Å². The monoisotopic (exact) mass is 498 g/mol. The molecule has 0 radical (unpaired) electrons. The maximum Gasteiger partial charge on any atom is 0.252 e. The van der Waals surface area contributed by atoms with Crippen molar-refractivity contribution in [2.45, 2.75) is 18.7 Å². The highest BCUT2D eigenvalue weighted by Crippen LogP contribution is 2.23. The highest BCUT2D eigenvalue weighted by molar-refractivity contribution is 7.89. The Morgan fingerprint density at radius 2 is 1.91 bits per heavy atom. The molecule has 1 aliphatic rings. The van der Waals surface area contributed by atoms with E-state index in [1.54, 1.807) is 0 Å². The first kappa shape index (κ1) is 24.9. The first-order chi connectivity index (χ1) is 16.8. The Morgan fingerprint density at radius 3 is 2.63 bits per heavy atom. The van der Waals surface area contributed by atoms with E-state index < -0.39 is 21.5 Å². The van der Waals surface area contributed by atoms with Crippen LogP contribution in [0.4, 0.5) is 5.69 Å². The first-order valence-corrected chi connectivity index (χ1v) is 13.1. The molecular weight excluding hydrogens is 468 g/mol. The maximum absolute atomic E-state index is 13.1. The molecule has 1 fully saturated rings. The molecule has 1 aliphatic heterocycles. The number of hydrogen-bond acceptors (Lipinski definition) is 6. The number of amides is 1. The standard InChI is InChI=1S/C25H30N4O5S/c1-3-28(19-6-4-5-18(2)15-19)10-9-26-25(31)22-17-24(30)27-23-8-7-20(16-21(22)23)35(32,33)29-11-13-34-14-12-29/h4-8,15-17H,3,9-14H2,1-2H3,(H,26,31)(H,27,30). The molecule has 1 aromatic heterocycles. The molecule has 9 nitrogen and oxygen atoms in total. The van der Waals surface area contributed by atoms with Crippen LogP contribution in [-0.2, 0) is 14.8 Å². The Hall–Kier alpha value is -3.21. The number of likely N-dealkylation sites (N-methyl/N-ethyl adjacent to an activating group) is 1. The normalized spacial score (nSPS) is 14.7. The lowest BCUT2D eigenvalue weighted by atomic mass is 10.1. The number of nitrogens with one attached hydrogen (secondary N) is 2. The van der Waals surface area contributed by atoms with Crippen molar-refractivity contribution in [3.05, 3.63) is 70.0 Å². The van der Waals surface area contributed by atoms with Gasteiger partial charge >= 0.3 is 0 Å². The van der Waals surface area contributed by atoms with Gasteiger partial charge in [0.15, 0.2) is 0 Å². The summed E-state index contributed by atoms with van der Waals surface area (Å²) in [5, 5.41) is 3.26. The number of ether oxygens (including phenoxy) is 1. The molecule has 2 aromatic carbocycles. The van der Waals surface area contributed by atoms with Crippen molar-refractivity contribution in [3.63, 3.8) is 0 Å². The van der Waals surface area contributed by atoms with E-state index in [0.717, 1.165) is 17.8 Å². The molecule has 0 atom stereocenters. The van der Waals surface area contributed by atoms with Crippen LogP contribution in [0.3, 0.4) is 0 Å². The van der Waals surface area contributed by atoms with Crippen LogP contribution in [0.2, 0.25) is 0 Å². The summed E-state index contributed by atoms with van der Waals surface area (Å²) in [4.78, 5) is 30.2. The van der Waals surface area contributed by atoms with Crippen LogP contribution in [0, 0.1) is 6.92 Å². The number of carbonyl (C=O) groups excluding carboxylic acids is 1. The lowest BCUT2D eigenvalue weighted by Gasteiger charge is -2.26. The van der Waals surface area contributed by atoms with Gasteiger partial charge in [0, 0.05) is 55.4 Å². The van der Waals surface area contributed by atoms with Crippen molar-refractivity contribution >= 4 is 32.5 Å². The number of benzene rings is 2. The van der Waals surface area contributed by atoms with Crippen LogP contribution in [0.15, 0.2) is 58.2 Å². The molecule has 186 valence electrons. The Labute approximate surface area is 204 Å². The van der Waals surface area contributed by atoms with E-state index in [1.165, 1.54) is 28.6 Å². The average molecular weight is 499 g/mol. The fourth-order valence-electron chi connectivity index (χ4n) is 4.21. The number of H-pyrrole nitrogens is 1. The average Bonchev–Trinajstić information content (AvgIpc) is 2.86. The van der Waals surface area contributed by atoms with Gasteiger partial charge in [0.05, 0.1) is 23.7 Å². The quantitative estimate of drug-likeness (QED) is 0.492. The van der Waals surface area contributed by atoms with Crippen molar-refractivity contribution in [1.82, 2.24) is 14.6 Å². The smallest absolute Gasteiger partial charge is 0.252 e. The van der Waals surface area contributed by atoms with E-state index in [0.29, 0.717) is 37.2 Å². The number of fused-ring (bicyclic) bond motifs is 1. The van der Waals surface area contributed by atoms with Gasteiger partial charge in [0.2, 0.25) is 15.6 Å². The maximum atomic E-state index is 13.1. The second-order valence-corrected chi connectivity index (χ2v) is 10.4. The zero-order chi connectivity index (χ0) is 25.0. The van der Waals surface area contributed by atoms with Crippen molar-refractivity contribution in [2.75, 3.05) is 50.8 Å². The molecule has 2 N–H and O–H groups in total. The Kier molecular flexibility index (Phi) is 7.54. The summed E-state index contributed by atoms with van der Waals surface area (Å²) in [6, 6.07) is 13.8. The molecule has 0 unspecified atom stereocenters. The Morgan fingerprint density at radius 1 is 1.14 bits per heavy atom. The summed E-state index contributed by atoms with van der Waals surface area (Å²) in [5.74, 6) is -0.428. The van der Waals surface area contributed by atoms with E-state index in [9.17, 15) is 18.0 Å². The van der Waals surface area contributed by atoms with Crippen molar-refractivity contribution in [3.8, 4) is 0 Å². The molecule has 0 saturated carbocycles. The van der Waals surface area contributed by atoms with Gasteiger partial charge in [0.1, 0.15) is 0 Å². The van der Waals surface area contributed by atoms with Crippen LogP contribution in [-0.4, -0.2) is 69.6 Å². The molecule has 2 heterocycles. The molecule has 10 heteroatoms. The summed E-state index contributed by atoms with van der Waals surface area (Å²) in [7, 11) is -3.75. The van der Waals surface area contributed by atoms with Gasteiger partial charge in [-0.2, -0.15) is 4.31 Å². The van der Waals surface area contributed by atoms with Crippen LogP contribution in [0.5, 0.6) is 0 Å². The minimum atomic E-state index is -3.75. The highest BCUT2D eigenvalue weighted by atomic mass is 32.2. The predicted octanol–water partition coefficient (Wildman–Crippen LogP) is 2.11. The van der Waals surface area contributed by atoms with Gasteiger partial charge in [-0.1, -0.05) is 12.1 Å². The molecule has 0 spiro atoms. The van der Waals surface area contributed by atoms with E-state index in [2.05, 4.69) is 21.3 Å². The molecule has 1 saturated heterocycles. The lowest BCUT2D eigenvalue weighted by molar-refractivity contribution is 0.0730. The van der Waals surface area contributed by atoms with Gasteiger partial charge in [-0.05, 0) is 49.7 Å². The second-order valence-electron chi connectivity index (χ2n) is 8.45. The number of rotatable bonds is 8. The van der Waals surface area contributed by atoms with Gasteiger partial charge < -0.3 is 19.9 Å². The van der Waals surface area contributed by atoms with Gasteiger partial charge in [0.25, 0.3) is 5.91 Å². The molecule has 3 aromatic rings. The van der Waals surface area contributed by atoms with E-state index in [4.69, 9.17) is 4.74 Å². The second kappa shape index (κ2) is 10.6. The summed E-state index contributed by atoms with van der Waals surface area (Å²) in [6.07, 6.45) is 0. The van der Waals surface area contributed by atoms with Crippen molar-refractivity contribution in [1.29, 1.82) is 0 Å². The summed E-state index contributed by atoms with van der Waals surface area (Å²) in [6.45, 7) is 7.02. The number of carbonyl (C=O) groups is 1. The highest BCUT2D eigenvalue weighted by Gasteiger charge is 2.27. The summed E-state index contributed by atoms with van der Waals surface area (Å²) >= 11 is 0. The number of aromatic nitrogens is 1. The minimum absolute atomic E-state index is 0.0737. The third-order valence-electron chi connectivity index (χ3n) is 6.08. The topological polar surface area (TPSA) is 112 Å². The number of aryl methyl sites for hydroxylation is 1. The van der Waals surface area contributed by atoms with Crippen LogP contribution in [0.1, 0.15) is 22.8 Å². The number of hydrogen-bond donors (Lipinski definition) is 2. The van der Waals surface area contributed by atoms with E-state index in [1.807, 2.05) is 32.0 Å². The summed E-state index contributed by atoms with van der Waals surface area (Å²) in [5.41, 5.74) is 2.34. The minimum Gasteiger partial charge on any atom is -0.379 e. The summed E-state index contributed by atoms with van der Waals surface area (Å²) < 4.78 is 32.8. The van der Waals surface area contributed by atoms with Crippen LogP contribution < -0.4 is 15.8 Å². The van der Waals surface area contributed by atoms with Crippen molar-refractivity contribution < 1.29 is 17.9 Å². The van der Waals surface area contributed by atoms with Gasteiger partial charge in [-0.3, -0.25) is 9.59 Å². The SMILES string of the molecule is CCN(CCNC(=O)c1cc(=O)[nH]c2ccc(S(=O)(=O)N3CCOCC3)cc12)c1cccc(C)c1. The third-order valence-corrected chi connectivity index (χ3v) is 7.98. The van der Waals surface area contributed by atoms with Crippen LogP contribution >= 0.6 is 0 Å². The fraction of sp³-hybridized carbons (Fsp3) is 0.360. The first-order valence-electron chi connectivity index (χ1n) is 11.6. The zero-order valence-corrected chi connectivity index (χ0v) is 20.7. The number of morpholine rings is 1.